The highest BCUT2D eigenvalue weighted by Crippen LogP contribution is 2.42. The van der Waals surface area contributed by atoms with Crippen molar-refractivity contribution in [1.82, 2.24) is 0 Å². The number of hydrogen-bond acceptors (Lipinski definition) is 5. The van der Waals surface area contributed by atoms with Crippen molar-refractivity contribution in [1.29, 1.82) is 0 Å². The van der Waals surface area contributed by atoms with E-state index in [4.69, 9.17) is 9.47 Å². The molecule has 2 aromatic rings. The maximum atomic E-state index is 12.9. The molecule has 1 amide bonds. The molecule has 4 rings (SSSR count). The van der Waals surface area contributed by atoms with Crippen molar-refractivity contribution in [2.75, 3.05) is 18.2 Å². The molecule has 6 nitrogen and oxygen atoms in total. The van der Waals surface area contributed by atoms with Gasteiger partial charge in [-0.15, -0.1) is 0 Å². The Bertz CT molecular complexity index is 967. The first-order valence-corrected chi connectivity index (χ1v) is 9.27. The van der Waals surface area contributed by atoms with Gasteiger partial charge in [0.2, 0.25) is 6.79 Å². The van der Waals surface area contributed by atoms with Crippen LogP contribution in [0.5, 0.6) is 11.5 Å². The van der Waals surface area contributed by atoms with Crippen LogP contribution in [-0.2, 0) is 15.2 Å². The fourth-order valence-corrected chi connectivity index (χ4v) is 3.64. The van der Waals surface area contributed by atoms with Gasteiger partial charge in [0.05, 0.1) is 12.1 Å². The van der Waals surface area contributed by atoms with Gasteiger partial charge in [0.15, 0.2) is 22.9 Å². The van der Waals surface area contributed by atoms with Crippen molar-refractivity contribution >= 4 is 23.5 Å². The van der Waals surface area contributed by atoms with E-state index in [0.29, 0.717) is 29.3 Å². The Kier molecular flexibility index (Phi) is 4.65. The van der Waals surface area contributed by atoms with E-state index in [1.54, 1.807) is 41.3 Å². The number of aliphatic hydroxyl groups is 1. The molecule has 2 aliphatic rings. The molecule has 144 valence electrons. The summed E-state index contributed by atoms with van der Waals surface area (Å²) in [4.78, 5) is 27.0. The predicted molar refractivity (Wildman–Crippen MR) is 104 cm³/mol. The maximum absolute atomic E-state index is 12.9. The van der Waals surface area contributed by atoms with Crippen LogP contribution >= 0.6 is 0 Å². The largest absolute Gasteiger partial charge is 0.454 e. The second-order valence-corrected chi connectivity index (χ2v) is 6.92. The third-order valence-corrected chi connectivity index (χ3v) is 4.97. The van der Waals surface area contributed by atoms with Gasteiger partial charge in [-0.2, -0.15) is 0 Å². The molecule has 6 heteroatoms. The first kappa shape index (κ1) is 18.3. The van der Waals surface area contributed by atoms with Crippen LogP contribution in [0.15, 0.2) is 48.5 Å². The molecule has 1 atom stereocenters. The van der Waals surface area contributed by atoms with Crippen molar-refractivity contribution < 1.29 is 24.2 Å². The summed E-state index contributed by atoms with van der Waals surface area (Å²) in [5.41, 5.74) is 0.0975. The van der Waals surface area contributed by atoms with Gasteiger partial charge in [0, 0.05) is 12.1 Å². The molecule has 0 aromatic heterocycles. The Balaban J connectivity index is 1.54. The molecule has 2 heterocycles. The quantitative estimate of drug-likeness (QED) is 0.781. The fraction of sp³-hybridized carbons (Fsp3) is 0.273. The Morgan fingerprint density at radius 1 is 1.21 bits per heavy atom. The first-order chi connectivity index (χ1) is 13.5. The Labute approximate surface area is 163 Å². The van der Waals surface area contributed by atoms with Gasteiger partial charge in [-0.25, -0.2) is 0 Å². The summed E-state index contributed by atoms with van der Waals surface area (Å²) in [6.07, 6.45) is 3.48. The number of ether oxygens (including phenoxy) is 2. The number of carbonyl (C=O) groups excluding carboxylic acids is 2. The van der Waals surface area contributed by atoms with Crippen molar-refractivity contribution in [3.05, 3.63) is 59.7 Å². The van der Waals surface area contributed by atoms with E-state index in [9.17, 15) is 14.7 Å². The molecular formula is C22H21NO5. The summed E-state index contributed by atoms with van der Waals surface area (Å²) in [5, 5.41) is 11.1. The second kappa shape index (κ2) is 7.13. The van der Waals surface area contributed by atoms with Crippen molar-refractivity contribution in [3.8, 4) is 11.5 Å². The summed E-state index contributed by atoms with van der Waals surface area (Å²) in [6.45, 7) is 2.65. The number of rotatable bonds is 6. The van der Waals surface area contributed by atoms with E-state index in [1.807, 2.05) is 19.1 Å². The number of benzene rings is 2. The number of hydrogen-bond donors (Lipinski definition) is 1. The monoisotopic (exact) mass is 379 g/mol. The summed E-state index contributed by atoms with van der Waals surface area (Å²) in [5.74, 6) is 0.521. The molecule has 2 aromatic carbocycles. The molecule has 0 fully saturated rings. The smallest absolute Gasteiger partial charge is 0.264 e. The lowest BCUT2D eigenvalue weighted by Gasteiger charge is -2.22. The number of ketones is 1. The Morgan fingerprint density at radius 2 is 2.00 bits per heavy atom. The number of allylic oxidation sites excluding steroid dienone is 1. The van der Waals surface area contributed by atoms with Crippen LogP contribution < -0.4 is 14.4 Å². The maximum Gasteiger partial charge on any atom is 0.264 e. The third kappa shape index (κ3) is 3.05. The zero-order valence-electron chi connectivity index (χ0n) is 15.6. The molecule has 0 bridgehead atoms. The second-order valence-electron chi connectivity index (χ2n) is 6.92. The highest BCUT2D eigenvalue weighted by Gasteiger charge is 2.50. The van der Waals surface area contributed by atoms with Crippen LogP contribution in [0.1, 0.15) is 30.9 Å². The van der Waals surface area contributed by atoms with Gasteiger partial charge in [-0.3, -0.25) is 9.59 Å². The SMILES string of the molecule is CCCN1C(=O)C(O)(CC(=O)/C=C/c2ccc3c(c2)OCO3)c2ccccc21. The minimum Gasteiger partial charge on any atom is -0.454 e. The predicted octanol–water partition coefficient (Wildman–Crippen LogP) is 3.03. The van der Waals surface area contributed by atoms with E-state index >= 15 is 0 Å². The fourth-order valence-electron chi connectivity index (χ4n) is 3.64. The molecule has 0 saturated heterocycles. The molecule has 0 radical (unpaired) electrons. The van der Waals surface area contributed by atoms with Gasteiger partial charge in [-0.05, 0) is 36.3 Å². The van der Waals surface area contributed by atoms with Crippen LogP contribution in [0.2, 0.25) is 0 Å². The summed E-state index contributed by atoms with van der Waals surface area (Å²) in [6, 6.07) is 12.5. The molecule has 1 unspecified atom stereocenters. The number of nitrogens with zero attached hydrogens (tertiary/aromatic N) is 1. The number of para-hydroxylation sites is 1. The van der Waals surface area contributed by atoms with E-state index in [2.05, 4.69) is 0 Å². The number of anilines is 1. The van der Waals surface area contributed by atoms with Crippen LogP contribution in [0.3, 0.4) is 0 Å². The van der Waals surface area contributed by atoms with Gasteiger partial charge in [0.25, 0.3) is 5.91 Å². The van der Waals surface area contributed by atoms with E-state index < -0.39 is 11.5 Å². The molecule has 0 spiro atoms. The minimum atomic E-state index is -1.83. The lowest BCUT2D eigenvalue weighted by Crippen LogP contribution is -2.41. The zero-order chi connectivity index (χ0) is 19.7. The normalized spacial score (nSPS) is 20.1. The molecular weight excluding hydrogens is 358 g/mol. The average Bonchev–Trinajstić information content (AvgIpc) is 3.24. The van der Waals surface area contributed by atoms with E-state index in [-0.39, 0.29) is 19.0 Å². The third-order valence-electron chi connectivity index (χ3n) is 4.97. The first-order valence-electron chi connectivity index (χ1n) is 9.27. The zero-order valence-corrected chi connectivity index (χ0v) is 15.6. The average molecular weight is 379 g/mol. The lowest BCUT2D eigenvalue weighted by atomic mass is 9.89. The highest BCUT2D eigenvalue weighted by molar-refractivity contribution is 6.10. The van der Waals surface area contributed by atoms with Gasteiger partial charge >= 0.3 is 0 Å². The van der Waals surface area contributed by atoms with E-state index in [0.717, 1.165) is 12.0 Å². The number of fused-ring (bicyclic) bond motifs is 2. The minimum absolute atomic E-state index is 0.185. The topological polar surface area (TPSA) is 76.1 Å². The molecule has 0 aliphatic carbocycles. The van der Waals surface area contributed by atoms with Gasteiger partial charge < -0.3 is 19.5 Å². The Morgan fingerprint density at radius 3 is 2.82 bits per heavy atom. The molecule has 0 saturated carbocycles. The summed E-state index contributed by atoms with van der Waals surface area (Å²) in [7, 11) is 0. The molecule has 1 N–H and O–H groups in total. The summed E-state index contributed by atoms with van der Waals surface area (Å²) < 4.78 is 10.6. The molecule has 28 heavy (non-hydrogen) atoms. The number of amides is 1. The Hall–Kier alpha value is -3.12. The standard InChI is InChI=1S/C22H21NO5/c1-2-11-23-18-6-4-3-5-17(18)22(26,21(23)25)13-16(24)9-7-15-8-10-19-20(12-15)28-14-27-19/h3-10,12,26H,2,11,13-14H2,1H3/b9-7+. The number of carbonyl (C=O) groups is 2. The summed E-state index contributed by atoms with van der Waals surface area (Å²) >= 11 is 0. The van der Waals surface area contributed by atoms with Crippen molar-refractivity contribution in [3.63, 3.8) is 0 Å². The lowest BCUT2D eigenvalue weighted by molar-refractivity contribution is -0.140. The highest BCUT2D eigenvalue weighted by atomic mass is 16.7. The van der Waals surface area contributed by atoms with Crippen LogP contribution in [-0.4, -0.2) is 30.1 Å². The van der Waals surface area contributed by atoms with Crippen LogP contribution in [0.25, 0.3) is 6.08 Å². The van der Waals surface area contributed by atoms with E-state index in [1.165, 1.54) is 6.08 Å². The van der Waals surface area contributed by atoms with Crippen LogP contribution in [0, 0.1) is 0 Å². The van der Waals surface area contributed by atoms with Gasteiger partial charge in [0.1, 0.15) is 0 Å². The van der Waals surface area contributed by atoms with Crippen LogP contribution in [0.4, 0.5) is 5.69 Å². The molecule has 2 aliphatic heterocycles. The van der Waals surface area contributed by atoms with Gasteiger partial charge in [-0.1, -0.05) is 37.3 Å². The van der Waals surface area contributed by atoms with Crippen molar-refractivity contribution in [2.24, 2.45) is 0 Å². The van der Waals surface area contributed by atoms with Crippen molar-refractivity contribution in [2.45, 2.75) is 25.4 Å².